The zero-order chi connectivity index (χ0) is 21.2. The maximum absolute atomic E-state index is 5.64. The van der Waals surface area contributed by atoms with Crippen molar-refractivity contribution in [3.8, 4) is 11.5 Å². The molecule has 1 saturated heterocycles. The maximum atomic E-state index is 5.64. The number of ether oxygens (including phenoxy) is 2. The van der Waals surface area contributed by atoms with Gasteiger partial charge in [-0.05, 0) is 56.1 Å². The van der Waals surface area contributed by atoms with Gasteiger partial charge in [-0.25, -0.2) is 0 Å². The minimum atomic E-state index is 0.254. The first kappa shape index (κ1) is 22.0. The summed E-state index contributed by atoms with van der Waals surface area (Å²) in [6.07, 6.45) is 3.42. The third kappa shape index (κ3) is 5.89. The number of nitrogens with zero attached hydrogens (tertiary/aromatic N) is 2. The van der Waals surface area contributed by atoms with Gasteiger partial charge in [-0.15, -0.1) is 0 Å². The third-order valence-electron chi connectivity index (χ3n) is 5.63. The predicted molar refractivity (Wildman–Crippen MR) is 123 cm³/mol. The van der Waals surface area contributed by atoms with E-state index in [-0.39, 0.29) is 6.04 Å². The van der Waals surface area contributed by atoms with Crippen molar-refractivity contribution in [3.63, 3.8) is 0 Å². The van der Waals surface area contributed by atoms with Crippen LogP contribution in [0.5, 0.6) is 11.5 Å². The highest BCUT2D eigenvalue weighted by Gasteiger charge is 2.25. The van der Waals surface area contributed by atoms with Crippen molar-refractivity contribution in [2.24, 2.45) is 4.99 Å². The minimum Gasteiger partial charge on any atom is -0.497 e. The van der Waals surface area contributed by atoms with E-state index in [4.69, 9.17) is 9.47 Å². The molecule has 30 heavy (non-hydrogen) atoms. The third-order valence-corrected chi connectivity index (χ3v) is 5.63. The molecule has 2 aromatic rings. The highest BCUT2D eigenvalue weighted by molar-refractivity contribution is 5.79. The molecule has 0 amide bonds. The Kier molecular flexibility index (Phi) is 8.39. The number of likely N-dealkylation sites (tertiary alicyclic amines) is 1. The number of hydrogen-bond acceptors (Lipinski definition) is 4. The lowest BCUT2D eigenvalue weighted by atomic mass is 10.0. The molecule has 0 radical (unpaired) electrons. The Bertz CT molecular complexity index is 801. The van der Waals surface area contributed by atoms with Gasteiger partial charge in [0.25, 0.3) is 0 Å². The van der Waals surface area contributed by atoms with Crippen molar-refractivity contribution in [1.29, 1.82) is 0 Å². The van der Waals surface area contributed by atoms with Crippen LogP contribution in [-0.4, -0.2) is 58.3 Å². The minimum absolute atomic E-state index is 0.254. The van der Waals surface area contributed by atoms with Crippen molar-refractivity contribution in [2.45, 2.75) is 25.3 Å². The van der Waals surface area contributed by atoms with E-state index < -0.39 is 0 Å². The van der Waals surface area contributed by atoms with E-state index in [1.54, 1.807) is 14.2 Å². The molecular formula is C24H34N4O2. The molecule has 162 valence electrons. The summed E-state index contributed by atoms with van der Waals surface area (Å²) in [4.78, 5) is 6.94. The summed E-state index contributed by atoms with van der Waals surface area (Å²) in [7, 11) is 5.25. The van der Waals surface area contributed by atoms with Gasteiger partial charge in [-0.2, -0.15) is 0 Å². The highest BCUT2D eigenvalue weighted by atomic mass is 16.5. The molecule has 0 bridgehead atoms. The molecule has 1 unspecified atom stereocenters. The van der Waals surface area contributed by atoms with Gasteiger partial charge in [-0.3, -0.25) is 9.89 Å². The summed E-state index contributed by atoms with van der Waals surface area (Å²) in [5.74, 6) is 2.65. The number of benzene rings is 2. The van der Waals surface area contributed by atoms with Crippen LogP contribution in [0, 0.1) is 0 Å². The Balaban J connectivity index is 1.57. The molecule has 2 aromatic carbocycles. The van der Waals surface area contributed by atoms with E-state index >= 15 is 0 Å². The number of guanidine groups is 1. The predicted octanol–water partition coefficient (Wildman–Crippen LogP) is 3.25. The van der Waals surface area contributed by atoms with Crippen molar-refractivity contribution in [3.05, 3.63) is 59.7 Å². The second kappa shape index (κ2) is 11.5. The van der Waals surface area contributed by atoms with E-state index in [0.29, 0.717) is 0 Å². The SMILES string of the molecule is CN=C(NCCc1ccc(OC)cc1)NCC(c1ccccc1OC)N1CCCC1. The molecule has 6 heteroatoms. The van der Waals surface area contributed by atoms with Gasteiger partial charge in [0.15, 0.2) is 5.96 Å². The molecule has 0 aromatic heterocycles. The van der Waals surface area contributed by atoms with Gasteiger partial charge >= 0.3 is 0 Å². The molecule has 0 aliphatic carbocycles. The van der Waals surface area contributed by atoms with Crippen LogP contribution in [0.25, 0.3) is 0 Å². The van der Waals surface area contributed by atoms with Gasteiger partial charge in [0.05, 0.1) is 20.3 Å². The molecule has 2 N–H and O–H groups in total. The molecule has 1 atom stereocenters. The topological polar surface area (TPSA) is 58.1 Å². The van der Waals surface area contributed by atoms with Crippen molar-refractivity contribution in [1.82, 2.24) is 15.5 Å². The summed E-state index contributed by atoms with van der Waals surface area (Å²) in [6, 6.07) is 16.8. The van der Waals surface area contributed by atoms with Crippen LogP contribution in [0.4, 0.5) is 0 Å². The van der Waals surface area contributed by atoms with Gasteiger partial charge in [0.2, 0.25) is 0 Å². The summed E-state index contributed by atoms with van der Waals surface area (Å²) in [5, 5.41) is 6.95. The first-order valence-electron chi connectivity index (χ1n) is 10.7. The van der Waals surface area contributed by atoms with Crippen LogP contribution in [0.15, 0.2) is 53.5 Å². The zero-order valence-electron chi connectivity index (χ0n) is 18.4. The number of para-hydroxylation sites is 1. The number of hydrogen-bond donors (Lipinski definition) is 2. The van der Waals surface area contributed by atoms with Crippen LogP contribution >= 0.6 is 0 Å². The molecule has 1 aliphatic heterocycles. The molecular weight excluding hydrogens is 376 g/mol. The molecule has 0 spiro atoms. The lowest BCUT2D eigenvalue weighted by Gasteiger charge is -2.30. The average molecular weight is 411 g/mol. The van der Waals surface area contributed by atoms with E-state index in [1.165, 1.54) is 24.0 Å². The fourth-order valence-electron chi connectivity index (χ4n) is 3.96. The quantitative estimate of drug-likeness (QED) is 0.491. The second-order valence-corrected chi connectivity index (χ2v) is 7.48. The van der Waals surface area contributed by atoms with Crippen LogP contribution < -0.4 is 20.1 Å². The Morgan fingerprint density at radius 3 is 2.40 bits per heavy atom. The molecule has 3 rings (SSSR count). The van der Waals surface area contributed by atoms with Crippen molar-refractivity contribution < 1.29 is 9.47 Å². The van der Waals surface area contributed by atoms with E-state index in [9.17, 15) is 0 Å². The van der Waals surface area contributed by atoms with E-state index in [2.05, 4.69) is 44.8 Å². The van der Waals surface area contributed by atoms with E-state index in [1.807, 2.05) is 31.3 Å². The normalized spacial score (nSPS) is 15.6. The zero-order valence-corrected chi connectivity index (χ0v) is 18.4. The van der Waals surface area contributed by atoms with E-state index in [0.717, 1.165) is 50.1 Å². The standard InChI is InChI=1S/C24H34N4O2/c1-25-24(26-15-14-19-10-12-20(29-2)13-11-19)27-18-22(28-16-6-7-17-28)21-8-4-5-9-23(21)30-3/h4-5,8-13,22H,6-7,14-18H2,1-3H3,(H2,25,26,27). The van der Waals surface area contributed by atoms with Crippen molar-refractivity contribution >= 4 is 5.96 Å². The Morgan fingerprint density at radius 1 is 1.00 bits per heavy atom. The summed E-state index contributed by atoms with van der Waals surface area (Å²) in [5.41, 5.74) is 2.49. The Labute approximate surface area is 180 Å². The summed E-state index contributed by atoms with van der Waals surface area (Å²) >= 11 is 0. The second-order valence-electron chi connectivity index (χ2n) is 7.48. The van der Waals surface area contributed by atoms with Crippen LogP contribution in [0.3, 0.4) is 0 Å². The largest absolute Gasteiger partial charge is 0.497 e. The fourth-order valence-corrected chi connectivity index (χ4v) is 3.96. The first-order chi connectivity index (χ1) is 14.7. The Morgan fingerprint density at radius 2 is 1.73 bits per heavy atom. The smallest absolute Gasteiger partial charge is 0.191 e. The molecule has 1 heterocycles. The van der Waals surface area contributed by atoms with Crippen LogP contribution in [-0.2, 0) is 6.42 Å². The van der Waals surface area contributed by atoms with Gasteiger partial charge < -0.3 is 20.1 Å². The average Bonchev–Trinajstić information content (AvgIpc) is 3.33. The first-order valence-corrected chi connectivity index (χ1v) is 10.7. The maximum Gasteiger partial charge on any atom is 0.191 e. The lowest BCUT2D eigenvalue weighted by molar-refractivity contribution is 0.239. The molecule has 1 aliphatic rings. The van der Waals surface area contributed by atoms with Crippen LogP contribution in [0.1, 0.15) is 30.0 Å². The number of methoxy groups -OCH3 is 2. The van der Waals surface area contributed by atoms with Gasteiger partial charge in [0, 0.05) is 25.7 Å². The highest BCUT2D eigenvalue weighted by Crippen LogP contribution is 2.31. The van der Waals surface area contributed by atoms with Gasteiger partial charge in [0.1, 0.15) is 11.5 Å². The lowest BCUT2D eigenvalue weighted by Crippen LogP contribution is -2.43. The molecule has 6 nitrogen and oxygen atoms in total. The summed E-state index contributed by atoms with van der Waals surface area (Å²) < 4.78 is 10.9. The summed E-state index contributed by atoms with van der Waals surface area (Å²) in [6.45, 7) is 3.83. The number of rotatable bonds is 9. The molecule has 1 fully saturated rings. The number of nitrogens with one attached hydrogen (secondary N) is 2. The monoisotopic (exact) mass is 410 g/mol. The van der Waals surface area contributed by atoms with Gasteiger partial charge in [-0.1, -0.05) is 30.3 Å². The van der Waals surface area contributed by atoms with Crippen LogP contribution in [0.2, 0.25) is 0 Å². The number of aliphatic imine (C=N–C) groups is 1. The Hall–Kier alpha value is -2.73. The van der Waals surface area contributed by atoms with Crippen molar-refractivity contribution in [2.75, 3.05) is 47.4 Å². The molecule has 0 saturated carbocycles. The fraction of sp³-hybridized carbons (Fsp3) is 0.458.